The molecule has 0 spiro atoms. The van der Waals surface area contributed by atoms with Gasteiger partial charge >= 0.3 is 0 Å². The molecule has 0 aromatic heterocycles. The van der Waals surface area contributed by atoms with Crippen molar-refractivity contribution < 1.29 is 13.2 Å². The number of sulfonamides is 1. The molecule has 5 nitrogen and oxygen atoms in total. The predicted octanol–water partition coefficient (Wildman–Crippen LogP) is 6.10. The van der Waals surface area contributed by atoms with Crippen LogP contribution in [0.1, 0.15) is 49.8 Å². The van der Waals surface area contributed by atoms with Gasteiger partial charge in [-0.1, -0.05) is 84.9 Å². The standard InChI is InChI=1S/C31H32N2O3S/c1-22-11-8-9-16-28(22)29(26-14-6-5-7-15-26)32-31(34)27-19-17-25(18-20-27)21-33(37(4,35)36)30-23(2)12-10-13-24(30)3/h5-20,29H,21H2,1-4H3,(H,32,34)/t29-/m0/s1. The van der Waals surface area contributed by atoms with E-state index in [-0.39, 0.29) is 18.5 Å². The van der Waals surface area contributed by atoms with Crippen LogP contribution in [-0.4, -0.2) is 20.6 Å². The fourth-order valence-electron chi connectivity index (χ4n) is 4.60. The third-order valence-electron chi connectivity index (χ3n) is 6.54. The molecule has 4 aromatic rings. The Morgan fingerprint density at radius 2 is 1.32 bits per heavy atom. The molecule has 6 heteroatoms. The molecule has 0 saturated heterocycles. The molecule has 0 aliphatic heterocycles. The Balaban J connectivity index is 1.58. The van der Waals surface area contributed by atoms with E-state index in [0.29, 0.717) is 11.3 Å². The number of benzene rings is 4. The molecule has 1 atom stereocenters. The predicted molar refractivity (Wildman–Crippen MR) is 150 cm³/mol. The summed E-state index contributed by atoms with van der Waals surface area (Å²) in [5, 5.41) is 3.19. The monoisotopic (exact) mass is 512 g/mol. The summed E-state index contributed by atoms with van der Waals surface area (Å²) in [4.78, 5) is 13.3. The lowest BCUT2D eigenvalue weighted by atomic mass is 9.94. The van der Waals surface area contributed by atoms with Gasteiger partial charge in [-0.25, -0.2) is 8.42 Å². The largest absolute Gasteiger partial charge is 0.341 e. The number of anilines is 1. The second-order valence-corrected chi connectivity index (χ2v) is 11.3. The maximum absolute atomic E-state index is 13.3. The number of aryl methyl sites for hydroxylation is 3. The molecule has 0 aliphatic carbocycles. The highest BCUT2D eigenvalue weighted by Gasteiger charge is 2.22. The number of nitrogens with one attached hydrogen (secondary N) is 1. The lowest BCUT2D eigenvalue weighted by molar-refractivity contribution is 0.0943. The molecule has 0 unspecified atom stereocenters. The minimum atomic E-state index is -3.51. The van der Waals surface area contributed by atoms with Crippen LogP contribution < -0.4 is 9.62 Å². The van der Waals surface area contributed by atoms with Crippen molar-refractivity contribution in [2.75, 3.05) is 10.6 Å². The fraction of sp³-hybridized carbons (Fsp3) is 0.194. The first-order chi connectivity index (χ1) is 17.6. The summed E-state index contributed by atoms with van der Waals surface area (Å²) >= 11 is 0. The van der Waals surface area contributed by atoms with Crippen molar-refractivity contribution in [1.29, 1.82) is 0 Å². The van der Waals surface area contributed by atoms with E-state index in [1.165, 1.54) is 10.6 Å². The molecular weight excluding hydrogens is 480 g/mol. The number of rotatable bonds is 8. The molecule has 4 rings (SSSR count). The van der Waals surface area contributed by atoms with Gasteiger partial charge in [0.15, 0.2) is 0 Å². The first-order valence-electron chi connectivity index (χ1n) is 12.2. The van der Waals surface area contributed by atoms with Gasteiger partial charge in [-0.3, -0.25) is 9.10 Å². The summed E-state index contributed by atoms with van der Waals surface area (Å²) < 4.78 is 26.8. The maximum Gasteiger partial charge on any atom is 0.252 e. The van der Waals surface area contributed by atoms with Crippen LogP contribution in [0, 0.1) is 20.8 Å². The van der Waals surface area contributed by atoms with Gasteiger partial charge in [0, 0.05) is 5.56 Å². The van der Waals surface area contributed by atoms with Gasteiger partial charge in [0.25, 0.3) is 5.91 Å². The van der Waals surface area contributed by atoms with E-state index in [1.807, 2.05) is 106 Å². The van der Waals surface area contributed by atoms with Crippen molar-refractivity contribution in [2.24, 2.45) is 0 Å². The van der Waals surface area contributed by atoms with Crippen LogP contribution in [-0.2, 0) is 16.6 Å². The Labute approximate surface area is 219 Å². The van der Waals surface area contributed by atoms with Gasteiger partial charge in [0.1, 0.15) is 0 Å². The van der Waals surface area contributed by atoms with E-state index in [2.05, 4.69) is 5.32 Å². The molecule has 0 aliphatic rings. The molecule has 1 N–H and O–H groups in total. The third-order valence-corrected chi connectivity index (χ3v) is 7.65. The number of hydrogen-bond acceptors (Lipinski definition) is 3. The van der Waals surface area contributed by atoms with Crippen LogP contribution in [0.15, 0.2) is 97.1 Å². The van der Waals surface area contributed by atoms with E-state index < -0.39 is 10.0 Å². The van der Waals surface area contributed by atoms with Gasteiger partial charge in [-0.15, -0.1) is 0 Å². The van der Waals surface area contributed by atoms with Crippen molar-refractivity contribution in [2.45, 2.75) is 33.4 Å². The van der Waals surface area contributed by atoms with Crippen LogP contribution in [0.4, 0.5) is 5.69 Å². The second kappa shape index (κ2) is 11.0. The molecule has 37 heavy (non-hydrogen) atoms. The van der Waals surface area contributed by atoms with Gasteiger partial charge < -0.3 is 5.32 Å². The van der Waals surface area contributed by atoms with Gasteiger partial charge in [-0.2, -0.15) is 0 Å². The molecule has 0 heterocycles. The topological polar surface area (TPSA) is 66.5 Å². The van der Waals surface area contributed by atoms with Crippen LogP contribution in [0.25, 0.3) is 0 Å². The van der Waals surface area contributed by atoms with Crippen molar-refractivity contribution >= 4 is 21.6 Å². The van der Waals surface area contributed by atoms with Crippen LogP contribution >= 0.6 is 0 Å². The summed E-state index contributed by atoms with van der Waals surface area (Å²) in [6.07, 6.45) is 1.22. The Morgan fingerprint density at radius 3 is 1.92 bits per heavy atom. The molecular formula is C31H32N2O3S. The highest BCUT2D eigenvalue weighted by molar-refractivity contribution is 7.92. The smallest absolute Gasteiger partial charge is 0.252 e. The molecule has 4 aromatic carbocycles. The van der Waals surface area contributed by atoms with Crippen molar-refractivity contribution in [1.82, 2.24) is 5.32 Å². The number of carbonyl (C=O) groups excluding carboxylic acids is 1. The SMILES string of the molecule is Cc1ccccc1[C@@H](NC(=O)c1ccc(CN(c2c(C)cccc2C)S(C)(=O)=O)cc1)c1ccccc1. The Morgan fingerprint density at radius 1 is 0.757 bits per heavy atom. The van der Waals surface area contributed by atoms with E-state index in [0.717, 1.165) is 33.4 Å². The number of carbonyl (C=O) groups is 1. The van der Waals surface area contributed by atoms with E-state index in [9.17, 15) is 13.2 Å². The molecule has 0 saturated carbocycles. The molecule has 0 fully saturated rings. The molecule has 190 valence electrons. The average Bonchev–Trinajstić information content (AvgIpc) is 2.87. The van der Waals surface area contributed by atoms with Crippen LogP contribution in [0.2, 0.25) is 0 Å². The zero-order valence-electron chi connectivity index (χ0n) is 21.6. The summed E-state index contributed by atoms with van der Waals surface area (Å²) in [5.74, 6) is -0.196. The Kier molecular flexibility index (Phi) is 7.79. The lowest BCUT2D eigenvalue weighted by Crippen LogP contribution is -2.31. The normalized spacial score (nSPS) is 12.1. The quantitative estimate of drug-likeness (QED) is 0.310. The van der Waals surface area contributed by atoms with Crippen molar-refractivity contribution in [3.8, 4) is 0 Å². The second-order valence-electron chi connectivity index (χ2n) is 9.38. The number of nitrogens with zero attached hydrogens (tertiary/aromatic N) is 1. The number of para-hydroxylation sites is 1. The summed E-state index contributed by atoms with van der Waals surface area (Å²) in [6.45, 7) is 6.04. The van der Waals surface area contributed by atoms with Crippen LogP contribution in [0.3, 0.4) is 0 Å². The van der Waals surface area contributed by atoms with Gasteiger partial charge in [0.05, 0.1) is 24.5 Å². The van der Waals surface area contributed by atoms with E-state index in [1.54, 1.807) is 12.1 Å². The zero-order chi connectivity index (χ0) is 26.6. The highest BCUT2D eigenvalue weighted by Crippen LogP contribution is 2.29. The first kappa shape index (κ1) is 26.2. The molecule has 0 bridgehead atoms. The Hall–Kier alpha value is -3.90. The summed E-state index contributed by atoms with van der Waals surface area (Å²) in [5.41, 5.74) is 6.92. The third kappa shape index (κ3) is 6.09. The summed E-state index contributed by atoms with van der Waals surface area (Å²) in [7, 11) is -3.51. The minimum absolute atomic E-state index is 0.183. The molecule has 0 radical (unpaired) electrons. The van der Waals surface area contributed by atoms with E-state index >= 15 is 0 Å². The summed E-state index contributed by atoms with van der Waals surface area (Å²) in [6, 6.07) is 30.5. The maximum atomic E-state index is 13.3. The minimum Gasteiger partial charge on any atom is -0.341 e. The van der Waals surface area contributed by atoms with Crippen LogP contribution in [0.5, 0.6) is 0 Å². The first-order valence-corrected chi connectivity index (χ1v) is 14.0. The average molecular weight is 513 g/mol. The molecule has 1 amide bonds. The van der Waals surface area contributed by atoms with Gasteiger partial charge in [-0.05, 0) is 66.3 Å². The fourth-order valence-corrected chi connectivity index (χ4v) is 5.60. The van der Waals surface area contributed by atoms with Crippen molar-refractivity contribution in [3.05, 3.63) is 136 Å². The van der Waals surface area contributed by atoms with Gasteiger partial charge in [0.2, 0.25) is 10.0 Å². The number of amides is 1. The Bertz CT molecular complexity index is 1480. The van der Waals surface area contributed by atoms with E-state index in [4.69, 9.17) is 0 Å². The lowest BCUT2D eigenvalue weighted by Gasteiger charge is -2.26. The zero-order valence-corrected chi connectivity index (χ0v) is 22.4. The van der Waals surface area contributed by atoms with Crippen molar-refractivity contribution in [3.63, 3.8) is 0 Å². The number of hydrogen-bond donors (Lipinski definition) is 1. The highest BCUT2D eigenvalue weighted by atomic mass is 32.2.